The first-order valence-electron chi connectivity index (χ1n) is 11.4. The molecule has 3 heterocycles. The standard InChI is InChI=1S/C27H17Cl3N4O4S/c1-12-7-16(25-24(32-12)18(11-39-25)27(36)37)15-8-14(28)3-4-21(15)38-6-5-34-13(2)33-20-9-19(29)23(30)17(10-31)22(20)26(34)35/h3-4,7-9,11H,5-6H2,1-2H3,(H,36,37). The predicted octanol–water partition coefficient (Wildman–Crippen LogP) is 6.90. The molecule has 0 aliphatic carbocycles. The molecule has 5 rings (SSSR count). The molecule has 0 fully saturated rings. The summed E-state index contributed by atoms with van der Waals surface area (Å²) in [6.07, 6.45) is 0. The molecule has 8 nitrogen and oxygen atoms in total. The van der Waals surface area contributed by atoms with Gasteiger partial charge in [-0.1, -0.05) is 34.8 Å². The molecule has 0 spiro atoms. The maximum atomic E-state index is 13.4. The Kier molecular flexibility index (Phi) is 7.23. The van der Waals surface area contributed by atoms with Gasteiger partial charge in [-0.2, -0.15) is 5.26 Å². The lowest BCUT2D eigenvalue weighted by molar-refractivity contribution is 0.0699. The lowest BCUT2D eigenvalue weighted by atomic mass is 10.0. The smallest absolute Gasteiger partial charge is 0.338 e. The molecule has 5 aromatic rings. The lowest BCUT2D eigenvalue weighted by Crippen LogP contribution is -2.27. The summed E-state index contributed by atoms with van der Waals surface area (Å²) < 4.78 is 8.23. The molecule has 1 N–H and O–H groups in total. The number of rotatable bonds is 6. The first-order valence-corrected chi connectivity index (χ1v) is 13.5. The number of aromatic carboxylic acids is 1. The summed E-state index contributed by atoms with van der Waals surface area (Å²) in [5.41, 5.74) is 2.38. The summed E-state index contributed by atoms with van der Waals surface area (Å²) in [7, 11) is 0. The number of ether oxygens (including phenoxy) is 1. The lowest BCUT2D eigenvalue weighted by Gasteiger charge is -2.16. The summed E-state index contributed by atoms with van der Waals surface area (Å²) in [5, 5.41) is 21.4. The Hall–Kier alpha value is -3.68. The highest BCUT2D eigenvalue weighted by atomic mass is 35.5. The van der Waals surface area contributed by atoms with E-state index < -0.39 is 11.5 Å². The van der Waals surface area contributed by atoms with Gasteiger partial charge in [-0.25, -0.2) is 9.78 Å². The van der Waals surface area contributed by atoms with E-state index in [4.69, 9.17) is 39.5 Å². The highest BCUT2D eigenvalue weighted by Crippen LogP contribution is 2.40. The number of halogens is 3. The van der Waals surface area contributed by atoms with Gasteiger partial charge in [0, 0.05) is 27.2 Å². The van der Waals surface area contributed by atoms with Gasteiger partial charge >= 0.3 is 5.97 Å². The van der Waals surface area contributed by atoms with Crippen LogP contribution in [0.2, 0.25) is 15.1 Å². The average Bonchev–Trinajstić information content (AvgIpc) is 3.31. The van der Waals surface area contributed by atoms with Crippen LogP contribution in [0.1, 0.15) is 27.4 Å². The number of nitriles is 1. The van der Waals surface area contributed by atoms with Gasteiger partial charge in [-0.15, -0.1) is 11.3 Å². The van der Waals surface area contributed by atoms with E-state index in [0.29, 0.717) is 38.1 Å². The van der Waals surface area contributed by atoms with E-state index in [2.05, 4.69) is 9.97 Å². The molecule has 3 aromatic heterocycles. The van der Waals surface area contributed by atoms with Crippen molar-refractivity contribution in [2.45, 2.75) is 20.4 Å². The van der Waals surface area contributed by atoms with Crippen molar-refractivity contribution in [1.82, 2.24) is 14.5 Å². The zero-order valence-electron chi connectivity index (χ0n) is 20.4. The van der Waals surface area contributed by atoms with Crippen molar-refractivity contribution in [1.29, 1.82) is 5.26 Å². The number of hydrogen-bond donors (Lipinski definition) is 1. The van der Waals surface area contributed by atoms with Gasteiger partial charge in [0.25, 0.3) is 5.56 Å². The van der Waals surface area contributed by atoms with E-state index in [9.17, 15) is 20.0 Å². The molecule has 2 aromatic carbocycles. The van der Waals surface area contributed by atoms with E-state index in [0.717, 1.165) is 5.56 Å². The maximum Gasteiger partial charge on any atom is 0.338 e. The van der Waals surface area contributed by atoms with E-state index in [-0.39, 0.29) is 45.2 Å². The minimum absolute atomic E-state index is 0.00150. The third-order valence-corrected chi connectivity index (χ3v) is 8.15. The Morgan fingerprint density at radius 2 is 1.92 bits per heavy atom. The van der Waals surface area contributed by atoms with Crippen molar-refractivity contribution in [2.24, 2.45) is 0 Å². The van der Waals surface area contributed by atoms with Crippen molar-refractivity contribution < 1.29 is 14.6 Å². The number of benzene rings is 2. The topological polar surface area (TPSA) is 118 Å². The van der Waals surface area contributed by atoms with E-state index >= 15 is 0 Å². The van der Waals surface area contributed by atoms with Crippen molar-refractivity contribution in [2.75, 3.05) is 6.61 Å². The predicted molar refractivity (Wildman–Crippen MR) is 153 cm³/mol. The second-order valence-electron chi connectivity index (χ2n) is 8.60. The Morgan fingerprint density at radius 3 is 2.64 bits per heavy atom. The van der Waals surface area contributed by atoms with Crippen LogP contribution in [0.5, 0.6) is 5.75 Å². The number of carboxylic acid groups (broad SMARTS) is 1. The molecule has 0 aliphatic heterocycles. The largest absolute Gasteiger partial charge is 0.491 e. The van der Waals surface area contributed by atoms with Gasteiger partial charge in [-0.05, 0) is 44.2 Å². The SMILES string of the molecule is Cc1cc(-c2cc(Cl)ccc2OCCn2c(C)nc3cc(Cl)c(Cl)c(C#N)c3c2=O)c2scc(C(=O)O)c2n1. The Morgan fingerprint density at radius 1 is 1.15 bits per heavy atom. The average molecular weight is 600 g/mol. The highest BCUT2D eigenvalue weighted by molar-refractivity contribution is 7.18. The van der Waals surface area contributed by atoms with E-state index in [1.54, 1.807) is 37.4 Å². The van der Waals surface area contributed by atoms with Crippen LogP contribution in [-0.2, 0) is 6.54 Å². The number of carboxylic acids is 1. The molecule has 0 atom stereocenters. The Bertz CT molecular complexity index is 1930. The zero-order chi connectivity index (χ0) is 28.0. The minimum atomic E-state index is -1.05. The van der Waals surface area contributed by atoms with Crippen molar-refractivity contribution >= 4 is 73.2 Å². The highest BCUT2D eigenvalue weighted by Gasteiger charge is 2.20. The second kappa shape index (κ2) is 10.5. The van der Waals surface area contributed by atoms with Crippen LogP contribution in [0.25, 0.3) is 32.2 Å². The summed E-state index contributed by atoms with van der Waals surface area (Å²) in [5.74, 6) is -0.148. The molecule has 0 saturated heterocycles. The fraction of sp³-hybridized carbons (Fsp3) is 0.148. The van der Waals surface area contributed by atoms with Crippen LogP contribution in [0.3, 0.4) is 0 Å². The van der Waals surface area contributed by atoms with Gasteiger partial charge in [0.2, 0.25) is 0 Å². The Balaban J connectivity index is 1.52. The molecule has 12 heteroatoms. The molecule has 0 radical (unpaired) electrons. The van der Waals surface area contributed by atoms with Crippen LogP contribution in [-0.4, -0.2) is 32.2 Å². The molecule has 196 valence electrons. The van der Waals surface area contributed by atoms with Gasteiger partial charge in [0.1, 0.15) is 24.3 Å². The molecular weight excluding hydrogens is 583 g/mol. The maximum absolute atomic E-state index is 13.4. The van der Waals surface area contributed by atoms with Crippen LogP contribution >= 0.6 is 46.1 Å². The normalized spacial score (nSPS) is 11.2. The van der Waals surface area contributed by atoms with E-state index in [1.807, 2.05) is 12.1 Å². The summed E-state index contributed by atoms with van der Waals surface area (Å²) >= 11 is 19.9. The van der Waals surface area contributed by atoms with Gasteiger partial charge < -0.3 is 9.84 Å². The first-order chi connectivity index (χ1) is 18.6. The van der Waals surface area contributed by atoms with Crippen LogP contribution in [0.4, 0.5) is 0 Å². The van der Waals surface area contributed by atoms with Crippen LogP contribution in [0.15, 0.2) is 40.5 Å². The molecular formula is C27H17Cl3N4O4S. The third-order valence-electron chi connectivity index (χ3n) is 6.13. The number of hydrogen-bond acceptors (Lipinski definition) is 7. The molecule has 0 aliphatic rings. The summed E-state index contributed by atoms with van der Waals surface area (Å²) in [6.45, 7) is 3.68. The zero-order valence-corrected chi connectivity index (χ0v) is 23.5. The van der Waals surface area contributed by atoms with Crippen molar-refractivity contribution in [3.8, 4) is 22.9 Å². The minimum Gasteiger partial charge on any atom is -0.491 e. The first kappa shape index (κ1) is 26.9. The fourth-order valence-electron chi connectivity index (χ4n) is 4.38. The van der Waals surface area contributed by atoms with Crippen molar-refractivity contribution in [3.05, 3.63) is 83.8 Å². The van der Waals surface area contributed by atoms with Gasteiger partial charge in [0.05, 0.1) is 48.8 Å². The molecule has 0 amide bonds. The molecule has 39 heavy (non-hydrogen) atoms. The van der Waals surface area contributed by atoms with Gasteiger partial charge in [0.15, 0.2) is 0 Å². The monoisotopic (exact) mass is 598 g/mol. The number of aromatic nitrogens is 3. The van der Waals surface area contributed by atoms with Crippen LogP contribution < -0.4 is 10.3 Å². The fourth-order valence-corrected chi connectivity index (χ4v) is 5.95. The number of carbonyl (C=O) groups is 1. The van der Waals surface area contributed by atoms with Crippen molar-refractivity contribution in [3.63, 3.8) is 0 Å². The molecule has 0 saturated carbocycles. The Labute approximate surface area is 240 Å². The molecule has 0 bridgehead atoms. The summed E-state index contributed by atoms with van der Waals surface area (Å²) in [6, 6.07) is 10.4. The number of fused-ring (bicyclic) bond motifs is 2. The van der Waals surface area contributed by atoms with Gasteiger partial charge in [-0.3, -0.25) is 14.3 Å². The number of pyridine rings is 1. The summed E-state index contributed by atoms with van der Waals surface area (Å²) in [4.78, 5) is 33.9. The number of nitrogens with zero attached hydrogens (tertiary/aromatic N) is 4. The third kappa shape index (κ3) is 4.81. The van der Waals surface area contributed by atoms with Crippen LogP contribution in [0, 0.1) is 25.2 Å². The number of aryl methyl sites for hydroxylation is 2. The number of thiophene rings is 1. The quantitative estimate of drug-likeness (QED) is 0.226. The van der Waals surface area contributed by atoms with E-state index in [1.165, 1.54) is 22.0 Å². The molecule has 0 unspecified atom stereocenters. The second-order valence-corrected chi connectivity index (χ2v) is 10.7.